The van der Waals surface area contributed by atoms with Crippen molar-refractivity contribution < 1.29 is 0 Å². The molecule has 4 nitrogen and oxygen atoms in total. The third kappa shape index (κ3) is 1.08. The summed E-state index contributed by atoms with van der Waals surface area (Å²) in [5.74, 6) is 0. The van der Waals surface area contributed by atoms with Crippen LogP contribution in [0.4, 0.5) is 0 Å². The lowest BCUT2D eigenvalue weighted by molar-refractivity contribution is 0.396. The summed E-state index contributed by atoms with van der Waals surface area (Å²) in [4.78, 5) is 14.7. The molecule has 1 aromatic carbocycles. The van der Waals surface area contributed by atoms with Gasteiger partial charge in [-0.05, 0) is 31.5 Å². The predicted molar refractivity (Wildman–Crippen MR) is 59.0 cm³/mol. The number of aromatic amines is 1. The van der Waals surface area contributed by atoms with Crippen LogP contribution in [0.15, 0.2) is 23.0 Å². The van der Waals surface area contributed by atoms with E-state index in [9.17, 15) is 4.79 Å². The van der Waals surface area contributed by atoms with Crippen molar-refractivity contribution in [2.45, 2.75) is 19.0 Å². The molecule has 2 aromatic rings. The molecule has 0 saturated carbocycles. The Morgan fingerprint density at radius 2 is 2.40 bits per heavy atom. The Kier molecular flexibility index (Phi) is 1.73. The van der Waals surface area contributed by atoms with Crippen molar-refractivity contribution in [3.8, 4) is 0 Å². The van der Waals surface area contributed by atoms with Crippen LogP contribution in [0.5, 0.6) is 0 Å². The number of aryl methyl sites for hydroxylation is 1. The molecule has 1 atom stereocenters. The Morgan fingerprint density at radius 3 is 3.20 bits per heavy atom. The molecule has 3 rings (SSSR count). The number of hydrogen-bond donors (Lipinski definition) is 2. The third-order valence-electron chi connectivity index (χ3n) is 3.15. The second-order valence-corrected chi connectivity index (χ2v) is 3.96. The largest absolute Gasteiger partial charge is 0.327 e. The van der Waals surface area contributed by atoms with Crippen LogP contribution >= 0.6 is 0 Å². The predicted octanol–water partition coefficient (Wildman–Crippen LogP) is 0.994. The molecule has 4 heteroatoms. The van der Waals surface area contributed by atoms with Gasteiger partial charge in [-0.15, -0.1) is 0 Å². The molecule has 78 valence electrons. The Bertz CT molecular complexity index is 567. The van der Waals surface area contributed by atoms with Crippen LogP contribution in [-0.2, 0) is 6.42 Å². The Hall–Kier alpha value is -1.55. The van der Waals surface area contributed by atoms with Gasteiger partial charge in [0.2, 0.25) is 0 Å². The number of nitrogens with zero attached hydrogens (tertiary/aromatic N) is 1. The van der Waals surface area contributed by atoms with Gasteiger partial charge in [-0.1, -0.05) is 12.1 Å². The van der Waals surface area contributed by atoms with Crippen molar-refractivity contribution in [1.29, 1.82) is 0 Å². The molecule has 0 radical (unpaired) electrons. The van der Waals surface area contributed by atoms with Crippen LogP contribution in [0.3, 0.4) is 0 Å². The zero-order valence-electron chi connectivity index (χ0n) is 8.58. The van der Waals surface area contributed by atoms with E-state index < -0.39 is 0 Å². The van der Waals surface area contributed by atoms with E-state index in [1.54, 1.807) is 0 Å². The number of hydrogen-bond acceptors (Lipinski definition) is 2. The number of H-pyrrole nitrogens is 1. The highest BCUT2D eigenvalue weighted by atomic mass is 16.1. The fraction of sp³-hybridized carbons (Fsp3) is 0.364. The lowest BCUT2D eigenvalue weighted by atomic mass is 10.0. The van der Waals surface area contributed by atoms with E-state index in [2.05, 4.69) is 16.4 Å². The maximum absolute atomic E-state index is 11.8. The molecule has 0 bridgehead atoms. The molecule has 2 N–H and O–H groups in total. The molecule has 0 aliphatic carbocycles. The molecule has 2 heterocycles. The average Bonchev–Trinajstić information content (AvgIpc) is 2.59. The summed E-state index contributed by atoms with van der Waals surface area (Å²) in [6, 6.07) is 6.05. The molecular weight excluding hydrogens is 190 g/mol. The van der Waals surface area contributed by atoms with E-state index in [0.29, 0.717) is 0 Å². The SMILES string of the molecule is CNC1CCc2cccc3[nH]c(=O)n1c23. The first-order chi connectivity index (χ1) is 7.31. The number of rotatable bonds is 1. The molecule has 1 aromatic heterocycles. The van der Waals surface area contributed by atoms with E-state index in [-0.39, 0.29) is 11.9 Å². The molecule has 1 aliphatic heterocycles. The van der Waals surface area contributed by atoms with Crippen molar-refractivity contribution in [1.82, 2.24) is 14.9 Å². The van der Waals surface area contributed by atoms with Crippen molar-refractivity contribution in [2.75, 3.05) is 7.05 Å². The van der Waals surface area contributed by atoms with Crippen molar-refractivity contribution >= 4 is 11.0 Å². The number of imidazole rings is 1. The van der Waals surface area contributed by atoms with Gasteiger partial charge in [0, 0.05) is 0 Å². The van der Waals surface area contributed by atoms with Gasteiger partial charge in [-0.3, -0.25) is 9.88 Å². The Labute approximate surface area is 86.9 Å². The van der Waals surface area contributed by atoms with Crippen LogP contribution in [0.1, 0.15) is 18.2 Å². The summed E-state index contributed by atoms with van der Waals surface area (Å²) in [6.45, 7) is 0. The summed E-state index contributed by atoms with van der Waals surface area (Å²) >= 11 is 0. The van der Waals surface area contributed by atoms with Crippen molar-refractivity contribution in [3.63, 3.8) is 0 Å². The van der Waals surface area contributed by atoms with E-state index in [4.69, 9.17) is 0 Å². The minimum absolute atomic E-state index is 0.0171. The van der Waals surface area contributed by atoms with E-state index in [1.165, 1.54) is 5.56 Å². The number of aromatic nitrogens is 2. The van der Waals surface area contributed by atoms with Crippen molar-refractivity contribution in [3.05, 3.63) is 34.2 Å². The highest BCUT2D eigenvalue weighted by Crippen LogP contribution is 2.26. The monoisotopic (exact) mass is 203 g/mol. The summed E-state index contributed by atoms with van der Waals surface area (Å²) < 4.78 is 1.83. The highest BCUT2D eigenvalue weighted by molar-refractivity contribution is 5.79. The molecular formula is C11H13N3O. The van der Waals surface area contributed by atoms with Gasteiger partial charge < -0.3 is 4.98 Å². The van der Waals surface area contributed by atoms with E-state index >= 15 is 0 Å². The summed E-state index contributed by atoms with van der Waals surface area (Å²) in [5, 5.41) is 3.17. The van der Waals surface area contributed by atoms with Gasteiger partial charge in [0.25, 0.3) is 0 Å². The van der Waals surface area contributed by atoms with Crippen LogP contribution in [0.2, 0.25) is 0 Å². The van der Waals surface area contributed by atoms with Gasteiger partial charge in [0.1, 0.15) is 0 Å². The number of nitrogens with one attached hydrogen (secondary N) is 2. The van der Waals surface area contributed by atoms with Crippen LogP contribution in [0, 0.1) is 0 Å². The Balaban J connectivity index is 2.43. The number of benzene rings is 1. The van der Waals surface area contributed by atoms with Gasteiger partial charge in [-0.2, -0.15) is 0 Å². The van der Waals surface area contributed by atoms with Gasteiger partial charge >= 0.3 is 5.69 Å². The smallest absolute Gasteiger partial charge is 0.305 e. The maximum Gasteiger partial charge on any atom is 0.327 e. The standard InChI is InChI=1S/C11H13N3O/c1-12-9-6-5-7-3-2-4-8-10(7)14(9)11(15)13-8/h2-4,9,12H,5-6H2,1H3,(H,13,15). The third-order valence-corrected chi connectivity index (χ3v) is 3.15. The van der Waals surface area contributed by atoms with E-state index in [0.717, 1.165) is 23.9 Å². The summed E-state index contributed by atoms with van der Waals surface area (Å²) in [5.41, 5.74) is 3.25. The minimum atomic E-state index is -0.0171. The first kappa shape index (κ1) is 8.73. The van der Waals surface area contributed by atoms with Crippen molar-refractivity contribution in [2.24, 2.45) is 0 Å². The molecule has 15 heavy (non-hydrogen) atoms. The molecule has 0 fully saturated rings. The first-order valence-corrected chi connectivity index (χ1v) is 5.20. The van der Waals surface area contributed by atoms with E-state index in [1.807, 2.05) is 23.7 Å². The summed E-state index contributed by atoms with van der Waals surface area (Å²) in [7, 11) is 1.89. The first-order valence-electron chi connectivity index (χ1n) is 5.20. The lowest BCUT2D eigenvalue weighted by Gasteiger charge is -2.23. The van der Waals surface area contributed by atoms with Crippen LogP contribution < -0.4 is 11.0 Å². The molecule has 1 unspecified atom stereocenters. The zero-order chi connectivity index (χ0) is 10.4. The molecule has 1 aliphatic rings. The van der Waals surface area contributed by atoms with Gasteiger partial charge in [0.05, 0.1) is 17.2 Å². The van der Waals surface area contributed by atoms with Crippen LogP contribution in [-0.4, -0.2) is 16.6 Å². The molecule has 0 amide bonds. The number of para-hydroxylation sites is 1. The fourth-order valence-corrected chi connectivity index (χ4v) is 2.45. The molecule has 0 spiro atoms. The average molecular weight is 203 g/mol. The zero-order valence-corrected chi connectivity index (χ0v) is 8.58. The van der Waals surface area contributed by atoms with Gasteiger partial charge in [-0.25, -0.2) is 4.79 Å². The Morgan fingerprint density at radius 1 is 1.53 bits per heavy atom. The molecule has 0 saturated heterocycles. The quantitative estimate of drug-likeness (QED) is 0.726. The van der Waals surface area contributed by atoms with Crippen LogP contribution in [0.25, 0.3) is 11.0 Å². The highest BCUT2D eigenvalue weighted by Gasteiger charge is 2.22. The lowest BCUT2D eigenvalue weighted by Crippen LogP contribution is -2.33. The topological polar surface area (TPSA) is 49.8 Å². The second kappa shape index (κ2) is 2.97. The minimum Gasteiger partial charge on any atom is -0.305 e. The maximum atomic E-state index is 11.8. The normalized spacial score (nSPS) is 19.7. The summed E-state index contributed by atoms with van der Waals surface area (Å²) in [6.07, 6.45) is 2.13. The second-order valence-electron chi connectivity index (χ2n) is 3.96. The fourth-order valence-electron chi connectivity index (χ4n) is 2.45. The van der Waals surface area contributed by atoms with Gasteiger partial charge in [0.15, 0.2) is 0 Å².